The van der Waals surface area contributed by atoms with Crippen molar-refractivity contribution in [2.75, 3.05) is 0 Å². The maximum atomic E-state index is 13.5. The van der Waals surface area contributed by atoms with Gasteiger partial charge in [-0.25, -0.2) is 19.2 Å². The lowest BCUT2D eigenvalue weighted by atomic mass is 10.0. The number of aromatic carboxylic acids is 1. The molecule has 0 amide bonds. The molecule has 0 bridgehead atoms. The molecule has 0 unspecified atom stereocenters. The first-order valence-corrected chi connectivity index (χ1v) is 5.94. The summed E-state index contributed by atoms with van der Waals surface area (Å²) >= 11 is 5.96. The summed E-state index contributed by atoms with van der Waals surface area (Å²) in [6.45, 7) is 1.87. The number of carboxylic acids is 1. The van der Waals surface area contributed by atoms with Gasteiger partial charge in [0.1, 0.15) is 17.3 Å². The predicted octanol–water partition coefficient (Wildman–Crippen LogP) is 3.20. The Morgan fingerprint density at radius 1 is 1.37 bits per heavy atom. The molecule has 0 fully saturated rings. The maximum Gasteiger partial charge on any atom is 0.335 e. The molecular weight excluding hydrogens is 271 g/mol. The zero-order valence-electron chi connectivity index (χ0n) is 10.0. The van der Waals surface area contributed by atoms with Crippen molar-refractivity contribution in [2.24, 2.45) is 0 Å². The highest BCUT2D eigenvalue weighted by Gasteiger charge is 2.14. The number of nitrogens with zero attached hydrogens (tertiary/aromatic N) is 2. The second-order valence-electron chi connectivity index (χ2n) is 3.88. The summed E-state index contributed by atoms with van der Waals surface area (Å²) in [4.78, 5) is 18.9. The minimum Gasteiger partial charge on any atom is -0.478 e. The zero-order chi connectivity index (χ0) is 14.0. The molecule has 4 nitrogen and oxygen atoms in total. The van der Waals surface area contributed by atoms with E-state index in [2.05, 4.69) is 9.97 Å². The Morgan fingerprint density at radius 3 is 2.74 bits per heavy atom. The van der Waals surface area contributed by atoms with Crippen molar-refractivity contribution in [1.29, 1.82) is 0 Å². The molecular formula is C13H10ClFN2O2. The molecule has 0 saturated heterocycles. The van der Waals surface area contributed by atoms with Crippen molar-refractivity contribution < 1.29 is 14.3 Å². The first-order chi connectivity index (χ1) is 9.02. The summed E-state index contributed by atoms with van der Waals surface area (Å²) in [7, 11) is 0. The van der Waals surface area contributed by atoms with Crippen LogP contribution in [0.15, 0.2) is 24.5 Å². The van der Waals surface area contributed by atoms with Crippen LogP contribution in [0.5, 0.6) is 0 Å². The van der Waals surface area contributed by atoms with E-state index >= 15 is 0 Å². The van der Waals surface area contributed by atoms with Gasteiger partial charge in [-0.3, -0.25) is 0 Å². The smallest absolute Gasteiger partial charge is 0.335 e. The number of halogens is 2. The van der Waals surface area contributed by atoms with Crippen molar-refractivity contribution in [3.05, 3.63) is 46.6 Å². The highest BCUT2D eigenvalue weighted by Crippen LogP contribution is 2.27. The average molecular weight is 281 g/mol. The van der Waals surface area contributed by atoms with Crippen LogP contribution in [0.1, 0.15) is 22.8 Å². The molecule has 0 aliphatic carbocycles. The lowest BCUT2D eigenvalue weighted by molar-refractivity contribution is 0.0696. The molecule has 1 N–H and O–H groups in total. The Bertz CT molecular complexity index is 647. The summed E-state index contributed by atoms with van der Waals surface area (Å²) in [6.07, 6.45) is 1.83. The van der Waals surface area contributed by atoms with Crippen LogP contribution in [0.4, 0.5) is 4.39 Å². The third-order valence-electron chi connectivity index (χ3n) is 2.66. The molecule has 0 saturated carbocycles. The molecule has 0 atom stereocenters. The molecule has 2 aromatic rings. The van der Waals surface area contributed by atoms with Gasteiger partial charge in [0.25, 0.3) is 0 Å². The molecule has 1 aromatic carbocycles. The van der Waals surface area contributed by atoms with Crippen molar-refractivity contribution in [1.82, 2.24) is 9.97 Å². The number of hydrogen-bond donors (Lipinski definition) is 1. The molecule has 0 spiro atoms. The van der Waals surface area contributed by atoms with Gasteiger partial charge in [-0.1, -0.05) is 18.5 Å². The van der Waals surface area contributed by atoms with E-state index in [1.54, 1.807) is 0 Å². The SMILES string of the molecule is CCc1c(Cl)ncnc1-c1cc(F)cc(C(=O)O)c1. The fourth-order valence-electron chi connectivity index (χ4n) is 1.80. The van der Waals surface area contributed by atoms with Crippen molar-refractivity contribution in [3.8, 4) is 11.3 Å². The monoisotopic (exact) mass is 280 g/mol. The Hall–Kier alpha value is -2.01. The van der Waals surface area contributed by atoms with Crippen LogP contribution in [0.2, 0.25) is 5.15 Å². The van der Waals surface area contributed by atoms with Gasteiger partial charge in [-0.05, 0) is 24.6 Å². The number of hydrogen-bond acceptors (Lipinski definition) is 3. The van der Waals surface area contributed by atoms with E-state index in [1.165, 1.54) is 18.5 Å². The van der Waals surface area contributed by atoms with Crippen LogP contribution in [0.3, 0.4) is 0 Å². The molecule has 0 aliphatic heterocycles. The molecule has 19 heavy (non-hydrogen) atoms. The largest absolute Gasteiger partial charge is 0.478 e. The number of carboxylic acid groups (broad SMARTS) is 1. The van der Waals surface area contributed by atoms with Gasteiger partial charge in [-0.15, -0.1) is 0 Å². The highest BCUT2D eigenvalue weighted by molar-refractivity contribution is 6.30. The van der Waals surface area contributed by atoms with E-state index in [4.69, 9.17) is 16.7 Å². The van der Waals surface area contributed by atoms with Gasteiger partial charge in [0.15, 0.2) is 0 Å². The molecule has 98 valence electrons. The van der Waals surface area contributed by atoms with E-state index in [9.17, 15) is 9.18 Å². The van der Waals surface area contributed by atoms with Crippen LogP contribution < -0.4 is 0 Å². The summed E-state index contributed by atoms with van der Waals surface area (Å²) < 4.78 is 13.5. The van der Waals surface area contributed by atoms with Crippen LogP contribution in [0.25, 0.3) is 11.3 Å². The topological polar surface area (TPSA) is 63.1 Å². The molecule has 6 heteroatoms. The van der Waals surface area contributed by atoms with Gasteiger partial charge < -0.3 is 5.11 Å². The predicted molar refractivity (Wildman–Crippen MR) is 68.8 cm³/mol. The van der Waals surface area contributed by atoms with Crippen molar-refractivity contribution in [2.45, 2.75) is 13.3 Å². The summed E-state index contributed by atoms with van der Waals surface area (Å²) in [5.74, 6) is -1.83. The molecule has 1 aromatic heterocycles. The zero-order valence-corrected chi connectivity index (χ0v) is 10.8. The summed E-state index contributed by atoms with van der Waals surface area (Å²) in [5.41, 5.74) is 1.35. The first-order valence-electron chi connectivity index (χ1n) is 5.56. The normalized spacial score (nSPS) is 10.5. The van der Waals surface area contributed by atoms with Crippen LogP contribution in [-0.4, -0.2) is 21.0 Å². The Balaban J connectivity index is 2.65. The number of rotatable bonds is 3. The minimum atomic E-state index is -1.20. The van der Waals surface area contributed by atoms with Gasteiger partial charge in [0, 0.05) is 11.1 Å². The van der Waals surface area contributed by atoms with Crippen molar-refractivity contribution in [3.63, 3.8) is 0 Å². The second-order valence-corrected chi connectivity index (χ2v) is 4.24. The van der Waals surface area contributed by atoms with Crippen LogP contribution in [-0.2, 0) is 6.42 Å². The maximum absolute atomic E-state index is 13.5. The van der Waals surface area contributed by atoms with Crippen LogP contribution in [0, 0.1) is 5.82 Å². The highest BCUT2D eigenvalue weighted by atomic mass is 35.5. The minimum absolute atomic E-state index is 0.133. The number of benzene rings is 1. The molecule has 0 radical (unpaired) electrons. The second kappa shape index (κ2) is 5.32. The van der Waals surface area contributed by atoms with Gasteiger partial charge in [0.05, 0.1) is 11.3 Å². The number of carbonyl (C=O) groups is 1. The fraction of sp³-hybridized carbons (Fsp3) is 0.154. The van der Waals surface area contributed by atoms with Crippen LogP contribution >= 0.6 is 11.6 Å². The lowest BCUT2D eigenvalue weighted by Gasteiger charge is -2.09. The average Bonchev–Trinajstić information content (AvgIpc) is 2.37. The van der Waals surface area contributed by atoms with Gasteiger partial charge in [-0.2, -0.15) is 0 Å². The molecule has 2 rings (SSSR count). The summed E-state index contributed by atoms with van der Waals surface area (Å²) in [6, 6.07) is 3.55. The standard InChI is InChI=1S/C13H10ClFN2O2/c1-2-10-11(16-6-17-12(10)14)7-3-8(13(18)19)5-9(15)4-7/h3-6H,2H2,1H3,(H,18,19). The lowest BCUT2D eigenvalue weighted by Crippen LogP contribution is -2.00. The first kappa shape index (κ1) is 13.4. The van der Waals surface area contributed by atoms with E-state index in [1.807, 2.05) is 6.92 Å². The Labute approximate surface area is 113 Å². The van der Waals surface area contributed by atoms with Gasteiger partial charge in [0.2, 0.25) is 0 Å². The fourth-order valence-corrected chi connectivity index (χ4v) is 2.07. The quantitative estimate of drug-likeness (QED) is 0.877. The Morgan fingerprint density at radius 2 is 2.11 bits per heavy atom. The third-order valence-corrected chi connectivity index (χ3v) is 2.99. The van der Waals surface area contributed by atoms with E-state index in [0.717, 1.165) is 6.07 Å². The molecule has 0 aliphatic rings. The van der Waals surface area contributed by atoms with Crippen molar-refractivity contribution >= 4 is 17.6 Å². The van der Waals surface area contributed by atoms with E-state index < -0.39 is 11.8 Å². The van der Waals surface area contributed by atoms with Gasteiger partial charge >= 0.3 is 5.97 Å². The Kier molecular flexibility index (Phi) is 3.76. The van der Waals surface area contributed by atoms with E-state index in [0.29, 0.717) is 23.2 Å². The van der Waals surface area contributed by atoms with E-state index in [-0.39, 0.29) is 10.7 Å². The third kappa shape index (κ3) is 2.71. The summed E-state index contributed by atoms with van der Waals surface area (Å²) in [5, 5.41) is 9.22. The molecule has 1 heterocycles. The number of aromatic nitrogens is 2.